The van der Waals surface area contributed by atoms with Crippen molar-refractivity contribution in [3.63, 3.8) is 0 Å². The number of ether oxygens (including phenoxy) is 1. The topological polar surface area (TPSA) is 99.2 Å². The van der Waals surface area contributed by atoms with Crippen molar-refractivity contribution in [2.45, 2.75) is 20.4 Å². The standard InChI is InChI=1S/C15H18N4O3/c1-3-19-9-12(13(18-19)14(16)20)17-15(21)10-5-7-11(8-6-10)22-4-2/h5-9H,3-4H2,1-2H3,(H2,16,20)(H,17,21). The number of hydrogen-bond donors (Lipinski definition) is 2. The molecule has 3 N–H and O–H groups in total. The molecular weight excluding hydrogens is 284 g/mol. The van der Waals surface area contributed by atoms with E-state index in [9.17, 15) is 9.59 Å². The van der Waals surface area contributed by atoms with Crippen molar-refractivity contribution in [2.75, 3.05) is 11.9 Å². The summed E-state index contributed by atoms with van der Waals surface area (Å²) < 4.78 is 6.86. The number of aryl methyl sites for hydroxylation is 1. The number of primary amides is 1. The molecule has 0 saturated carbocycles. The van der Waals surface area contributed by atoms with Gasteiger partial charge in [0, 0.05) is 18.3 Å². The molecule has 0 bridgehead atoms. The average Bonchev–Trinajstić information content (AvgIpc) is 2.91. The Morgan fingerprint density at radius 1 is 1.27 bits per heavy atom. The third kappa shape index (κ3) is 3.43. The second-order valence-electron chi connectivity index (χ2n) is 4.52. The minimum atomic E-state index is -0.686. The van der Waals surface area contributed by atoms with Crippen LogP contribution in [0.3, 0.4) is 0 Å². The highest BCUT2D eigenvalue weighted by Crippen LogP contribution is 2.17. The molecular formula is C15H18N4O3. The Balaban J connectivity index is 2.17. The van der Waals surface area contributed by atoms with Gasteiger partial charge in [-0.2, -0.15) is 5.10 Å². The first-order valence-electron chi connectivity index (χ1n) is 6.96. The maximum Gasteiger partial charge on any atom is 0.271 e. The molecule has 0 fully saturated rings. The second-order valence-corrected chi connectivity index (χ2v) is 4.52. The predicted octanol–water partition coefficient (Wildman–Crippen LogP) is 1.65. The van der Waals surface area contributed by atoms with Crippen LogP contribution < -0.4 is 15.8 Å². The molecule has 0 atom stereocenters. The van der Waals surface area contributed by atoms with Crippen molar-refractivity contribution in [2.24, 2.45) is 5.73 Å². The molecule has 0 radical (unpaired) electrons. The van der Waals surface area contributed by atoms with Crippen LogP contribution in [0.5, 0.6) is 5.75 Å². The number of anilines is 1. The zero-order valence-electron chi connectivity index (χ0n) is 12.5. The third-order valence-electron chi connectivity index (χ3n) is 2.99. The lowest BCUT2D eigenvalue weighted by Crippen LogP contribution is -2.17. The fraction of sp³-hybridized carbons (Fsp3) is 0.267. The summed E-state index contributed by atoms with van der Waals surface area (Å²) in [4.78, 5) is 23.6. The van der Waals surface area contributed by atoms with Gasteiger partial charge in [-0.3, -0.25) is 14.3 Å². The summed E-state index contributed by atoms with van der Waals surface area (Å²) in [5, 5.41) is 6.67. The van der Waals surface area contributed by atoms with E-state index in [1.165, 1.54) is 4.68 Å². The van der Waals surface area contributed by atoms with E-state index in [4.69, 9.17) is 10.5 Å². The Bertz CT molecular complexity index is 677. The number of hydrogen-bond acceptors (Lipinski definition) is 4. The number of benzene rings is 1. The number of rotatable bonds is 6. The van der Waals surface area contributed by atoms with E-state index in [0.717, 1.165) is 0 Å². The maximum absolute atomic E-state index is 12.2. The Morgan fingerprint density at radius 3 is 2.50 bits per heavy atom. The van der Waals surface area contributed by atoms with Crippen LogP contribution >= 0.6 is 0 Å². The van der Waals surface area contributed by atoms with Gasteiger partial charge in [-0.25, -0.2) is 0 Å². The monoisotopic (exact) mass is 302 g/mol. The highest BCUT2D eigenvalue weighted by Gasteiger charge is 2.16. The van der Waals surface area contributed by atoms with Gasteiger partial charge in [0.25, 0.3) is 11.8 Å². The summed E-state index contributed by atoms with van der Waals surface area (Å²) in [5.74, 6) is -0.342. The predicted molar refractivity (Wildman–Crippen MR) is 82.0 cm³/mol. The van der Waals surface area contributed by atoms with Crippen molar-refractivity contribution >= 4 is 17.5 Å². The van der Waals surface area contributed by atoms with Crippen LogP contribution in [-0.2, 0) is 6.54 Å². The van der Waals surface area contributed by atoms with Gasteiger partial charge in [-0.15, -0.1) is 0 Å². The average molecular weight is 302 g/mol. The summed E-state index contributed by atoms with van der Waals surface area (Å²) in [6, 6.07) is 6.72. The van der Waals surface area contributed by atoms with E-state index in [0.29, 0.717) is 30.2 Å². The zero-order chi connectivity index (χ0) is 16.1. The first kappa shape index (κ1) is 15.6. The van der Waals surface area contributed by atoms with Gasteiger partial charge < -0.3 is 15.8 Å². The van der Waals surface area contributed by atoms with Gasteiger partial charge in [0.2, 0.25) is 0 Å². The van der Waals surface area contributed by atoms with Gasteiger partial charge in [0.05, 0.1) is 12.3 Å². The SMILES string of the molecule is CCOc1ccc(C(=O)Nc2cn(CC)nc2C(N)=O)cc1. The van der Waals surface area contributed by atoms with Crippen LogP contribution in [0.2, 0.25) is 0 Å². The van der Waals surface area contributed by atoms with E-state index in [2.05, 4.69) is 10.4 Å². The number of nitrogens with one attached hydrogen (secondary N) is 1. The number of nitrogens with zero attached hydrogens (tertiary/aromatic N) is 2. The van der Waals surface area contributed by atoms with E-state index in [-0.39, 0.29) is 11.6 Å². The van der Waals surface area contributed by atoms with Crippen LogP contribution in [0.15, 0.2) is 30.5 Å². The van der Waals surface area contributed by atoms with Crippen molar-refractivity contribution in [1.29, 1.82) is 0 Å². The van der Waals surface area contributed by atoms with Crippen molar-refractivity contribution < 1.29 is 14.3 Å². The van der Waals surface area contributed by atoms with Crippen molar-refractivity contribution in [3.8, 4) is 5.75 Å². The summed E-state index contributed by atoms with van der Waals surface area (Å²) in [6.07, 6.45) is 1.58. The highest BCUT2D eigenvalue weighted by atomic mass is 16.5. The third-order valence-corrected chi connectivity index (χ3v) is 2.99. The number of aromatic nitrogens is 2. The molecule has 1 aromatic heterocycles. The van der Waals surface area contributed by atoms with Gasteiger partial charge >= 0.3 is 0 Å². The quantitative estimate of drug-likeness (QED) is 0.847. The molecule has 2 amide bonds. The van der Waals surface area contributed by atoms with Crippen LogP contribution in [0, 0.1) is 0 Å². The van der Waals surface area contributed by atoms with Crippen molar-refractivity contribution in [3.05, 3.63) is 41.7 Å². The van der Waals surface area contributed by atoms with Gasteiger partial charge in [-0.05, 0) is 38.1 Å². The molecule has 2 aromatic rings. The molecule has 1 aromatic carbocycles. The first-order chi connectivity index (χ1) is 10.5. The summed E-state index contributed by atoms with van der Waals surface area (Å²) in [5.41, 5.74) is 6.06. The normalized spacial score (nSPS) is 10.3. The molecule has 0 aliphatic rings. The van der Waals surface area contributed by atoms with Crippen LogP contribution in [0.25, 0.3) is 0 Å². The van der Waals surface area contributed by atoms with Gasteiger partial charge in [-0.1, -0.05) is 0 Å². The fourth-order valence-electron chi connectivity index (χ4n) is 1.92. The first-order valence-corrected chi connectivity index (χ1v) is 6.96. The Morgan fingerprint density at radius 2 is 1.95 bits per heavy atom. The molecule has 7 nitrogen and oxygen atoms in total. The molecule has 0 aliphatic heterocycles. The minimum absolute atomic E-state index is 0.0427. The number of carbonyl (C=O) groups is 2. The minimum Gasteiger partial charge on any atom is -0.494 e. The zero-order valence-corrected chi connectivity index (χ0v) is 12.5. The van der Waals surface area contributed by atoms with Crippen LogP contribution in [0.1, 0.15) is 34.7 Å². The Hall–Kier alpha value is -2.83. The van der Waals surface area contributed by atoms with E-state index in [1.54, 1.807) is 30.5 Å². The van der Waals surface area contributed by atoms with Gasteiger partial charge in [0.1, 0.15) is 5.75 Å². The molecule has 22 heavy (non-hydrogen) atoms. The van der Waals surface area contributed by atoms with E-state index >= 15 is 0 Å². The lowest BCUT2D eigenvalue weighted by molar-refractivity contribution is 0.0995. The number of carbonyl (C=O) groups excluding carboxylic acids is 2. The summed E-state index contributed by atoms with van der Waals surface area (Å²) >= 11 is 0. The molecule has 0 unspecified atom stereocenters. The molecule has 0 saturated heterocycles. The fourth-order valence-corrected chi connectivity index (χ4v) is 1.92. The molecule has 2 rings (SSSR count). The smallest absolute Gasteiger partial charge is 0.271 e. The lowest BCUT2D eigenvalue weighted by Gasteiger charge is -2.06. The maximum atomic E-state index is 12.2. The molecule has 0 aliphatic carbocycles. The molecule has 1 heterocycles. The summed E-state index contributed by atoms with van der Waals surface area (Å²) in [7, 11) is 0. The largest absolute Gasteiger partial charge is 0.494 e. The van der Waals surface area contributed by atoms with E-state index in [1.807, 2.05) is 13.8 Å². The van der Waals surface area contributed by atoms with E-state index < -0.39 is 5.91 Å². The Kier molecular flexibility index (Phi) is 4.77. The van der Waals surface area contributed by atoms with Crippen LogP contribution in [0.4, 0.5) is 5.69 Å². The highest BCUT2D eigenvalue weighted by molar-refractivity contribution is 6.07. The second kappa shape index (κ2) is 6.75. The summed E-state index contributed by atoms with van der Waals surface area (Å²) in [6.45, 7) is 4.89. The van der Waals surface area contributed by atoms with Gasteiger partial charge in [0.15, 0.2) is 5.69 Å². The lowest BCUT2D eigenvalue weighted by atomic mass is 10.2. The molecule has 0 spiro atoms. The molecule has 116 valence electrons. The number of nitrogens with two attached hydrogens (primary N) is 1. The van der Waals surface area contributed by atoms with Crippen molar-refractivity contribution in [1.82, 2.24) is 9.78 Å². The number of amides is 2. The molecule has 7 heteroatoms. The van der Waals surface area contributed by atoms with Crippen LogP contribution in [-0.4, -0.2) is 28.2 Å². The Labute approximate surface area is 128 Å².